The molecular formula is C23H18ClNO6. The van der Waals surface area contributed by atoms with E-state index >= 15 is 0 Å². The third kappa shape index (κ3) is 2.70. The second-order valence-electron chi connectivity index (χ2n) is 8.42. The van der Waals surface area contributed by atoms with Crippen molar-refractivity contribution in [2.75, 3.05) is 0 Å². The number of benzene rings is 1. The van der Waals surface area contributed by atoms with Crippen LogP contribution in [0.3, 0.4) is 0 Å². The summed E-state index contributed by atoms with van der Waals surface area (Å²) in [5.41, 5.74) is 1.90. The normalized spacial score (nSPS) is 30.1. The highest BCUT2D eigenvalue weighted by Crippen LogP contribution is 2.56. The molecule has 4 atom stereocenters. The first-order valence-corrected chi connectivity index (χ1v) is 10.3. The number of Topliss-reactive ketones (excluding diaryl/α,β-unsaturated/α-hetero) is 1. The highest BCUT2D eigenvalue weighted by molar-refractivity contribution is 6.30. The van der Waals surface area contributed by atoms with Gasteiger partial charge in [0.15, 0.2) is 11.6 Å². The molecule has 7 nitrogen and oxygen atoms in total. The van der Waals surface area contributed by atoms with Crippen LogP contribution in [0.2, 0.25) is 5.02 Å². The van der Waals surface area contributed by atoms with Crippen molar-refractivity contribution < 1.29 is 29.5 Å². The number of phenols is 1. The molecule has 31 heavy (non-hydrogen) atoms. The highest BCUT2D eigenvalue weighted by Gasteiger charge is 2.56. The minimum atomic E-state index is -0.829. The number of imide groups is 1. The van der Waals surface area contributed by atoms with Gasteiger partial charge in [-0.25, -0.2) is 0 Å². The van der Waals surface area contributed by atoms with Gasteiger partial charge in [0, 0.05) is 33.2 Å². The van der Waals surface area contributed by atoms with Gasteiger partial charge in [0.2, 0.25) is 0 Å². The van der Waals surface area contributed by atoms with Crippen LogP contribution >= 0.6 is 11.6 Å². The first-order chi connectivity index (χ1) is 14.7. The molecule has 0 unspecified atom stereocenters. The molecular weight excluding hydrogens is 422 g/mol. The first kappa shape index (κ1) is 19.9. The monoisotopic (exact) mass is 439 g/mol. The molecule has 0 aromatic heterocycles. The number of allylic oxidation sites excluding steroid dienone is 6. The number of halogens is 1. The van der Waals surface area contributed by atoms with Crippen LogP contribution in [-0.2, 0) is 19.2 Å². The van der Waals surface area contributed by atoms with E-state index < -0.39 is 35.5 Å². The molecule has 5 rings (SSSR count). The van der Waals surface area contributed by atoms with E-state index in [4.69, 9.17) is 11.6 Å². The number of amides is 2. The summed E-state index contributed by atoms with van der Waals surface area (Å²) in [7, 11) is 0. The van der Waals surface area contributed by atoms with Crippen molar-refractivity contribution in [3.63, 3.8) is 0 Å². The summed E-state index contributed by atoms with van der Waals surface area (Å²) in [5.74, 6) is -4.94. The molecule has 1 fully saturated rings. The standard InChI is InChI=1S/C23H18ClNO6/c1-9-6-17(27)20-15(21(9)28)8-13-11(18(20)14-7-10(24)2-5-16(14)26)3-4-12-19(13)23(30)25(31)22(12)29/h2-3,5-7,12-13,18-19,26,31H,4,8H2,1H3/t12-,13+,18+,19-/m0/s1. The number of carbonyl (C=O) groups is 4. The zero-order chi connectivity index (χ0) is 22.2. The van der Waals surface area contributed by atoms with E-state index in [-0.39, 0.29) is 46.4 Å². The molecule has 0 radical (unpaired) electrons. The maximum atomic E-state index is 13.0. The summed E-state index contributed by atoms with van der Waals surface area (Å²) >= 11 is 6.18. The number of hydrogen-bond donors (Lipinski definition) is 2. The number of hydrogen-bond acceptors (Lipinski definition) is 6. The van der Waals surface area contributed by atoms with Crippen LogP contribution in [0.5, 0.6) is 5.75 Å². The molecule has 0 saturated carbocycles. The number of carbonyl (C=O) groups excluding carboxylic acids is 4. The fraction of sp³-hybridized carbons (Fsp3) is 0.304. The minimum Gasteiger partial charge on any atom is -0.508 e. The highest BCUT2D eigenvalue weighted by atomic mass is 35.5. The van der Waals surface area contributed by atoms with Crippen molar-refractivity contribution in [3.8, 4) is 5.75 Å². The van der Waals surface area contributed by atoms with Gasteiger partial charge in [-0.3, -0.25) is 24.4 Å². The molecule has 1 aromatic carbocycles. The van der Waals surface area contributed by atoms with Crippen molar-refractivity contribution in [1.29, 1.82) is 0 Å². The molecule has 1 aliphatic heterocycles. The first-order valence-electron chi connectivity index (χ1n) is 9.96. The average Bonchev–Trinajstić information content (AvgIpc) is 2.96. The van der Waals surface area contributed by atoms with Crippen LogP contribution in [-0.4, -0.2) is 38.8 Å². The quantitative estimate of drug-likeness (QED) is 0.301. The molecule has 158 valence electrons. The number of aromatic hydroxyl groups is 1. The number of hydroxylamine groups is 2. The van der Waals surface area contributed by atoms with Gasteiger partial charge in [0.25, 0.3) is 11.8 Å². The smallest absolute Gasteiger partial charge is 0.257 e. The summed E-state index contributed by atoms with van der Waals surface area (Å²) in [6.45, 7) is 1.56. The molecule has 1 aromatic rings. The molecule has 3 aliphatic carbocycles. The van der Waals surface area contributed by atoms with Gasteiger partial charge < -0.3 is 5.11 Å². The van der Waals surface area contributed by atoms with Gasteiger partial charge in [-0.2, -0.15) is 5.06 Å². The Hall–Kier alpha value is -3.03. The van der Waals surface area contributed by atoms with Gasteiger partial charge in [0.05, 0.1) is 11.8 Å². The lowest BCUT2D eigenvalue weighted by Gasteiger charge is -2.42. The minimum absolute atomic E-state index is 0.0888. The zero-order valence-electron chi connectivity index (χ0n) is 16.5. The number of nitrogens with zero attached hydrogens (tertiary/aromatic N) is 1. The largest absolute Gasteiger partial charge is 0.508 e. The maximum Gasteiger partial charge on any atom is 0.257 e. The van der Waals surface area contributed by atoms with Gasteiger partial charge in [0.1, 0.15) is 5.75 Å². The Morgan fingerprint density at radius 1 is 1.10 bits per heavy atom. The molecule has 1 heterocycles. The Bertz CT molecular complexity index is 1190. The molecule has 4 aliphatic rings. The molecule has 2 N–H and O–H groups in total. The van der Waals surface area contributed by atoms with E-state index in [9.17, 15) is 29.5 Å². The number of phenolic OH excluding ortho intramolecular Hbond substituents is 1. The SMILES string of the molecule is CC1=CC(=O)C2=C(C[C@@H]3C(=CC[C@@H]4C(=O)N(O)C(=O)[C@@H]43)[C@@H]2c2cc(Cl)ccc2O)C1=O. The third-order valence-electron chi connectivity index (χ3n) is 6.84. The third-order valence-corrected chi connectivity index (χ3v) is 7.07. The van der Waals surface area contributed by atoms with Crippen molar-refractivity contribution in [2.45, 2.75) is 25.7 Å². The summed E-state index contributed by atoms with van der Waals surface area (Å²) in [6, 6.07) is 4.48. The fourth-order valence-electron chi connectivity index (χ4n) is 5.48. The van der Waals surface area contributed by atoms with E-state index in [2.05, 4.69) is 0 Å². The summed E-state index contributed by atoms with van der Waals surface area (Å²) < 4.78 is 0. The predicted octanol–water partition coefficient (Wildman–Crippen LogP) is 2.86. The topological polar surface area (TPSA) is 112 Å². The molecule has 1 saturated heterocycles. The van der Waals surface area contributed by atoms with Crippen molar-refractivity contribution >= 4 is 35.0 Å². The van der Waals surface area contributed by atoms with E-state index in [0.717, 1.165) is 0 Å². The predicted molar refractivity (Wildman–Crippen MR) is 108 cm³/mol. The number of ketones is 2. The Balaban J connectivity index is 1.75. The summed E-state index contributed by atoms with van der Waals surface area (Å²) in [4.78, 5) is 51.1. The Kier molecular flexibility index (Phi) is 4.32. The van der Waals surface area contributed by atoms with E-state index in [0.29, 0.717) is 21.7 Å². The zero-order valence-corrected chi connectivity index (χ0v) is 17.2. The van der Waals surface area contributed by atoms with Gasteiger partial charge in [-0.1, -0.05) is 23.3 Å². The second-order valence-corrected chi connectivity index (χ2v) is 8.86. The Morgan fingerprint density at radius 2 is 1.84 bits per heavy atom. The Morgan fingerprint density at radius 3 is 2.58 bits per heavy atom. The molecule has 0 spiro atoms. The summed E-state index contributed by atoms with van der Waals surface area (Å²) in [6.07, 6.45) is 3.42. The molecule has 0 bridgehead atoms. The fourth-order valence-corrected chi connectivity index (χ4v) is 5.66. The molecule has 8 heteroatoms. The van der Waals surface area contributed by atoms with Crippen LogP contribution in [0.1, 0.15) is 31.2 Å². The van der Waals surface area contributed by atoms with Crippen LogP contribution in [0, 0.1) is 17.8 Å². The lowest BCUT2D eigenvalue weighted by Crippen LogP contribution is -2.39. The molecule has 2 amide bonds. The van der Waals surface area contributed by atoms with Gasteiger partial charge in [-0.15, -0.1) is 0 Å². The van der Waals surface area contributed by atoms with Gasteiger partial charge in [-0.05, 0) is 50.0 Å². The van der Waals surface area contributed by atoms with Crippen molar-refractivity contribution in [1.82, 2.24) is 5.06 Å². The Labute approximate surface area is 182 Å². The van der Waals surface area contributed by atoms with E-state index in [1.807, 2.05) is 0 Å². The van der Waals surface area contributed by atoms with E-state index in [1.54, 1.807) is 19.1 Å². The average molecular weight is 440 g/mol. The van der Waals surface area contributed by atoms with E-state index in [1.165, 1.54) is 18.2 Å². The van der Waals surface area contributed by atoms with Crippen LogP contribution in [0.25, 0.3) is 0 Å². The van der Waals surface area contributed by atoms with Crippen LogP contribution in [0.15, 0.2) is 52.6 Å². The second kappa shape index (κ2) is 6.73. The summed E-state index contributed by atoms with van der Waals surface area (Å²) in [5, 5.41) is 21.1. The van der Waals surface area contributed by atoms with Crippen LogP contribution < -0.4 is 0 Å². The lowest BCUT2D eigenvalue weighted by molar-refractivity contribution is -0.173. The van der Waals surface area contributed by atoms with Crippen LogP contribution in [0.4, 0.5) is 0 Å². The maximum absolute atomic E-state index is 13.0. The number of fused-ring (bicyclic) bond motifs is 3. The van der Waals surface area contributed by atoms with Crippen molar-refractivity contribution in [3.05, 3.63) is 63.2 Å². The van der Waals surface area contributed by atoms with Gasteiger partial charge >= 0.3 is 0 Å². The lowest BCUT2D eigenvalue weighted by atomic mass is 9.59. The number of rotatable bonds is 1. The van der Waals surface area contributed by atoms with Crippen molar-refractivity contribution in [2.24, 2.45) is 17.8 Å².